The number of piperazine rings is 1. The third-order valence-corrected chi connectivity index (χ3v) is 5.72. The largest absolute Gasteiger partial charge is 0.334 e. The zero-order chi connectivity index (χ0) is 19.3. The molecule has 4 rings (SSSR count). The maximum Gasteiger partial charge on any atom is 0.237 e. The highest BCUT2D eigenvalue weighted by Gasteiger charge is 2.33. The SMILES string of the molecule is Cc1ccc(CN(C(=O)CN2CCN(Cc3ccccn3)CC2)C2CC2)cc1. The summed E-state index contributed by atoms with van der Waals surface area (Å²) < 4.78 is 0. The van der Waals surface area contributed by atoms with Crippen LogP contribution in [0.2, 0.25) is 0 Å². The molecule has 2 aliphatic rings. The predicted octanol–water partition coefficient (Wildman–Crippen LogP) is 2.70. The quantitative estimate of drug-likeness (QED) is 0.743. The van der Waals surface area contributed by atoms with Gasteiger partial charge < -0.3 is 4.90 Å². The van der Waals surface area contributed by atoms with Crippen molar-refractivity contribution in [3.8, 4) is 0 Å². The smallest absolute Gasteiger partial charge is 0.237 e. The summed E-state index contributed by atoms with van der Waals surface area (Å²) in [5.41, 5.74) is 3.60. The Bertz CT molecular complexity index is 765. The van der Waals surface area contributed by atoms with Crippen LogP contribution in [0, 0.1) is 6.92 Å². The van der Waals surface area contributed by atoms with Crippen molar-refractivity contribution in [3.63, 3.8) is 0 Å². The van der Waals surface area contributed by atoms with E-state index in [1.54, 1.807) is 0 Å². The number of benzene rings is 1. The van der Waals surface area contributed by atoms with Crippen LogP contribution < -0.4 is 0 Å². The molecular weight excluding hydrogens is 348 g/mol. The van der Waals surface area contributed by atoms with Gasteiger partial charge in [0, 0.05) is 51.5 Å². The van der Waals surface area contributed by atoms with Crippen LogP contribution >= 0.6 is 0 Å². The van der Waals surface area contributed by atoms with E-state index >= 15 is 0 Å². The second-order valence-corrected chi connectivity index (χ2v) is 8.11. The van der Waals surface area contributed by atoms with Crippen molar-refractivity contribution in [2.45, 2.75) is 38.9 Å². The molecule has 5 nitrogen and oxygen atoms in total. The van der Waals surface area contributed by atoms with Crippen molar-refractivity contribution >= 4 is 5.91 Å². The molecule has 1 saturated heterocycles. The van der Waals surface area contributed by atoms with Crippen LogP contribution in [0.3, 0.4) is 0 Å². The van der Waals surface area contributed by atoms with E-state index in [0.29, 0.717) is 12.6 Å². The molecule has 2 aromatic rings. The summed E-state index contributed by atoms with van der Waals surface area (Å²) in [7, 11) is 0. The number of hydrogen-bond acceptors (Lipinski definition) is 4. The fourth-order valence-electron chi connectivity index (χ4n) is 3.81. The van der Waals surface area contributed by atoms with Crippen molar-refractivity contribution in [3.05, 3.63) is 65.5 Å². The van der Waals surface area contributed by atoms with Crippen LogP contribution in [0.4, 0.5) is 0 Å². The van der Waals surface area contributed by atoms with Crippen molar-refractivity contribution in [2.24, 2.45) is 0 Å². The Kier molecular flexibility index (Phi) is 6.03. The Morgan fingerprint density at radius 3 is 2.39 bits per heavy atom. The van der Waals surface area contributed by atoms with Gasteiger partial charge in [0.2, 0.25) is 5.91 Å². The third-order valence-electron chi connectivity index (χ3n) is 5.72. The minimum absolute atomic E-state index is 0.279. The van der Waals surface area contributed by atoms with Gasteiger partial charge in [-0.3, -0.25) is 19.6 Å². The van der Waals surface area contributed by atoms with E-state index in [0.717, 1.165) is 57.8 Å². The number of aromatic nitrogens is 1. The van der Waals surface area contributed by atoms with E-state index in [-0.39, 0.29) is 5.91 Å². The van der Waals surface area contributed by atoms with E-state index in [1.807, 2.05) is 18.3 Å². The fraction of sp³-hybridized carbons (Fsp3) is 0.478. The van der Waals surface area contributed by atoms with E-state index in [4.69, 9.17) is 0 Å². The summed E-state index contributed by atoms with van der Waals surface area (Å²) >= 11 is 0. The van der Waals surface area contributed by atoms with E-state index < -0.39 is 0 Å². The first-order valence-corrected chi connectivity index (χ1v) is 10.4. The van der Waals surface area contributed by atoms with E-state index in [9.17, 15) is 4.79 Å². The fourth-order valence-corrected chi connectivity index (χ4v) is 3.81. The van der Waals surface area contributed by atoms with Gasteiger partial charge >= 0.3 is 0 Å². The molecule has 1 aromatic heterocycles. The maximum absolute atomic E-state index is 13.0. The van der Waals surface area contributed by atoms with Gasteiger partial charge in [-0.05, 0) is 37.5 Å². The van der Waals surface area contributed by atoms with Gasteiger partial charge in [-0.1, -0.05) is 35.9 Å². The van der Waals surface area contributed by atoms with Gasteiger partial charge in [0.1, 0.15) is 0 Å². The summed E-state index contributed by atoms with van der Waals surface area (Å²) in [6, 6.07) is 15.1. The lowest BCUT2D eigenvalue weighted by Gasteiger charge is -2.35. The Morgan fingerprint density at radius 1 is 1.04 bits per heavy atom. The minimum atomic E-state index is 0.279. The zero-order valence-electron chi connectivity index (χ0n) is 16.8. The molecule has 1 aliphatic heterocycles. The Labute approximate surface area is 168 Å². The number of carbonyl (C=O) groups excluding carboxylic acids is 1. The number of amides is 1. The first-order chi connectivity index (χ1) is 13.7. The molecule has 2 fully saturated rings. The monoisotopic (exact) mass is 378 g/mol. The summed E-state index contributed by atoms with van der Waals surface area (Å²) in [6.07, 6.45) is 4.15. The van der Waals surface area contributed by atoms with Crippen LogP contribution in [-0.4, -0.2) is 64.4 Å². The normalized spacial score (nSPS) is 18.2. The number of rotatable bonds is 7. The second kappa shape index (κ2) is 8.84. The van der Waals surface area contributed by atoms with Crippen LogP contribution in [0.1, 0.15) is 29.7 Å². The third kappa shape index (κ3) is 5.18. The van der Waals surface area contributed by atoms with Crippen LogP contribution in [0.15, 0.2) is 48.7 Å². The molecule has 148 valence electrons. The van der Waals surface area contributed by atoms with Gasteiger partial charge in [-0.25, -0.2) is 0 Å². The molecule has 28 heavy (non-hydrogen) atoms. The lowest BCUT2D eigenvalue weighted by Crippen LogP contribution is -2.50. The van der Waals surface area contributed by atoms with Crippen molar-refractivity contribution in [2.75, 3.05) is 32.7 Å². The van der Waals surface area contributed by atoms with Gasteiger partial charge in [0.25, 0.3) is 0 Å². The average Bonchev–Trinajstić information content (AvgIpc) is 3.55. The molecule has 0 atom stereocenters. The van der Waals surface area contributed by atoms with Gasteiger partial charge in [0.15, 0.2) is 0 Å². The lowest BCUT2D eigenvalue weighted by atomic mass is 10.1. The van der Waals surface area contributed by atoms with Gasteiger partial charge in [-0.2, -0.15) is 0 Å². The number of hydrogen-bond donors (Lipinski definition) is 0. The molecule has 0 N–H and O–H groups in total. The molecule has 0 spiro atoms. The molecule has 0 radical (unpaired) electrons. The highest BCUT2D eigenvalue weighted by Crippen LogP contribution is 2.28. The second-order valence-electron chi connectivity index (χ2n) is 8.11. The summed E-state index contributed by atoms with van der Waals surface area (Å²) in [5, 5.41) is 0. The summed E-state index contributed by atoms with van der Waals surface area (Å²) in [6.45, 7) is 8.15. The number of pyridine rings is 1. The van der Waals surface area contributed by atoms with Crippen LogP contribution in [-0.2, 0) is 17.9 Å². The van der Waals surface area contributed by atoms with Crippen molar-refractivity contribution < 1.29 is 4.79 Å². The standard InChI is InChI=1S/C23H30N4O/c1-19-5-7-20(8-6-19)16-27(22-9-10-22)23(28)18-26-14-12-25(13-15-26)17-21-4-2-3-11-24-21/h2-8,11,22H,9-10,12-18H2,1H3. The molecule has 0 unspecified atom stereocenters. The lowest BCUT2D eigenvalue weighted by molar-refractivity contribution is -0.134. The summed E-state index contributed by atoms with van der Waals surface area (Å²) in [4.78, 5) is 24.3. The molecule has 1 aromatic carbocycles. The van der Waals surface area contributed by atoms with Gasteiger partial charge in [0.05, 0.1) is 12.2 Å². The molecular formula is C23H30N4O. The molecule has 1 saturated carbocycles. The highest BCUT2D eigenvalue weighted by molar-refractivity contribution is 5.79. The molecule has 0 bridgehead atoms. The van der Waals surface area contributed by atoms with Crippen molar-refractivity contribution in [1.29, 1.82) is 0 Å². The first-order valence-electron chi connectivity index (χ1n) is 10.4. The Morgan fingerprint density at radius 2 is 1.75 bits per heavy atom. The topological polar surface area (TPSA) is 39.7 Å². The predicted molar refractivity (Wildman–Crippen MR) is 111 cm³/mol. The number of nitrogens with zero attached hydrogens (tertiary/aromatic N) is 4. The average molecular weight is 379 g/mol. The highest BCUT2D eigenvalue weighted by atomic mass is 16.2. The molecule has 5 heteroatoms. The number of carbonyl (C=O) groups is 1. The Balaban J connectivity index is 1.27. The molecule has 1 aliphatic carbocycles. The van der Waals surface area contributed by atoms with E-state index in [1.165, 1.54) is 11.1 Å². The number of aryl methyl sites for hydroxylation is 1. The van der Waals surface area contributed by atoms with Crippen LogP contribution in [0.25, 0.3) is 0 Å². The van der Waals surface area contributed by atoms with E-state index in [2.05, 4.69) is 56.9 Å². The molecule has 2 heterocycles. The van der Waals surface area contributed by atoms with Gasteiger partial charge in [-0.15, -0.1) is 0 Å². The molecule has 1 amide bonds. The zero-order valence-corrected chi connectivity index (χ0v) is 16.8. The first kappa shape index (κ1) is 19.1. The van der Waals surface area contributed by atoms with Crippen molar-refractivity contribution in [1.82, 2.24) is 19.7 Å². The van der Waals surface area contributed by atoms with Crippen LogP contribution in [0.5, 0.6) is 0 Å². The summed E-state index contributed by atoms with van der Waals surface area (Å²) in [5.74, 6) is 0.279. The minimum Gasteiger partial charge on any atom is -0.334 e. The Hall–Kier alpha value is -2.24. The maximum atomic E-state index is 13.0.